The quantitative estimate of drug-likeness (QED) is 0.868. The molecule has 1 aromatic carbocycles. The van der Waals surface area contributed by atoms with Crippen LogP contribution in [0.1, 0.15) is 41.6 Å². The number of aryl methyl sites for hydroxylation is 1. The lowest BCUT2D eigenvalue weighted by Crippen LogP contribution is -2.42. The van der Waals surface area contributed by atoms with Gasteiger partial charge in [-0.25, -0.2) is 4.79 Å². The molecule has 4 heteroatoms. The predicted octanol–water partition coefficient (Wildman–Crippen LogP) is 2.82. The number of benzene rings is 1. The Hall–Kier alpha value is -1.55. The van der Waals surface area contributed by atoms with Gasteiger partial charge in [0.25, 0.3) is 0 Å². The van der Waals surface area contributed by atoms with Crippen molar-refractivity contribution < 1.29 is 9.53 Å². The number of carbonyl (C=O) groups is 1. The van der Waals surface area contributed by atoms with Gasteiger partial charge in [0.15, 0.2) is 0 Å². The molecule has 4 nitrogen and oxygen atoms in total. The third kappa shape index (κ3) is 3.05. The van der Waals surface area contributed by atoms with Crippen LogP contribution >= 0.6 is 0 Å². The second-order valence-electron chi connectivity index (χ2n) is 6.24. The van der Waals surface area contributed by atoms with Crippen LogP contribution in [0.5, 0.6) is 0 Å². The molecule has 0 spiro atoms. The van der Waals surface area contributed by atoms with Gasteiger partial charge in [0, 0.05) is 24.3 Å². The van der Waals surface area contributed by atoms with E-state index in [0.717, 1.165) is 23.7 Å². The second-order valence-corrected chi connectivity index (χ2v) is 6.24. The Kier molecular flexibility index (Phi) is 4.15. The summed E-state index contributed by atoms with van der Waals surface area (Å²) >= 11 is 0. The maximum absolute atomic E-state index is 11.9. The van der Waals surface area contributed by atoms with E-state index in [0.29, 0.717) is 11.6 Å². The summed E-state index contributed by atoms with van der Waals surface area (Å²) < 4.78 is 4.90. The van der Waals surface area contributed by atoms with E-state index in [1.807, 2.05) is 25.1 Å². The fraction of sp³-hybridized carbons (Fsp3) is 0.588. The molecule has 2 saturated heterocycles. The Balaban J connectivity index is 1.74. The number of ether oxygens (including phenoxy) is 1. The van der Waals surface area contributed by atoms with E-state index in [1.54, 1.807) is 0 Å². The zero-order chi connectivity index (χ0) is 14.8. The number of nitrogens with one attached hydrogen (secondary N) is 1. The number of hydrogen-bond donors (Lipinski definition) is 1. The second kappa shape index (κ2) is 6.06. The summed E-state index contributed by atoms with van der Waals surface area (Å²) in [5, 5.41) is 3.58. The third-order valence-corrected chi connectivity index (χ3v) is 4.76. The predicted molar refractivity (Wildman–Crippen MR) is 83.8 cm³/mol. The molecule has 114 valence electrons. The van der Waals surface area contributed by atoms with Crippen molar-refractivity contribution >= 4 is 11.7 Å². The fourth-order valence-corrected chi connectivity index (χ4v) is 3.64. The molecule has 3 rings (SSSR count). The molecule has 2 aliphatic heterocycles. The number of nitrogens with zero attached hydrogens (tertiary/aromatic N) is 1. The van der Waals surface area contributed by atoms with Gasteiger partial charge in [0.05, 0.1) is 12.7 Å². The Morgan fingerprint density at radius 2 is 2.19 bits per heavy atom. The molecular formula is C17H24N2O2. The summed E-state index contributed by atoms with van der Waals surface area (Å²) in [5.74, 6) is -0.264. The van der Waals surface area contributed by atoms with Crippen molar-refractivity contribution in [2.45, 2.75) is 44.7 Å². The van der Waals surface area contributed by atoms with Gasteiger partial charge in [-0.1, -0.05) is 11.6 Å². The minimum absolute atomic E-state index is 0.264. The molecule has 1 N–H and O–H groups in total. The van der Waals surface area contributed by atoms with Crippen molar-refractivity contribution in [3.05, 3.63) is 29.3 Å². The topological polar surface area (TPSA) is 41.6 Å². The van der Waals surface area contributed by atoms with E-state index in [-0.39, 0.29) is 5.97 Å². The smallest absolute Gasteiger partial charge is 0.339 e. The Morgan fingerprint density at radius 3 is 3.00 bits per heavy atom. The molecule has 0 bridgehead atoms. The van der Waals surface area contributed by atoms with Crippen LogP contribution in [0, 0.1) is 6.92 Å². The molecule has 21 heavy (non-hydrogen) atoms. The largest absolute Gasteiger partial charge is 0.465 e. The average molecular weight is 288 g/mol. The summed E-state index contributed by atoms with van der Waals surface area (Å²) in [5.41, 5.74) is 2.63. The SMILES string of the molecule is COC(=O)c1cc(C)ccc1NC1CCN2CCCC2C1. The maximum Gasteiger partial charge on any atom is 0.339 e. The molecule has 2 fully saturated rings. The molecule has 2 aliphatic rings. The Bertz CT molecular complexity index is 530. The van der Waals surface area contributed by atoms with Crippen molar-refractivity contribution in [3.63, 3.8) is 0 Å². The van der Waals surface area contributed by atoms with Gasteiger partial charge >= 0.3 is 5.97 Å². The number of esters is 1. The van der Waals surface area contributed by atoms with Gasteiger partial charge < -0.3 is 15.0 Å². The van der Waals surface area contributed by atoms with Crippen LogP contribution in [0.4, 0.5) is 5.69 Å². The fourth-order valence-electron chi connectivity index (χ4n) is 3.64. The molecule has 1 aromatic rings. The minimum Gasteiger partial charge on any atom is -0.465 e. The summed E-state index contributed by atoms with van der Waals surface area (Å²) in [7, 11) is 1.44. The summed E-state index contributed by atoms with van der Waals surface area (Å²) in [6, 6.07) is 7.12. The summed E-state index contributed by atoms with van der Waals surface area (Å²) in [4.78, 5) is 14.5. The van der Waals surface area contributed by atoms with Gasteiger partial charge in [-0.15, -0.1) is 0 Å². The number of anilines is 1. The van der Waals surface area contributed by atoms with Gasteiger partial charge in [-0.2, -0.15) is 0 Å². The number of methoxy groups -OCH3 is 1. The highest BCUT2D eigenvalue weighted by Crippen LogP contribution is 2.29. The molecular weight excluding hydrogens is 264 g/mol. The molecule has 0 saturated carbocycles. The zero-order valence-corrected chi connectivity index (χ0v) is 12.9. The first-order valence-corrected chi connectivity index (χ1v) is 7.87. The standard InChI is InChI=1S/C17H24N2O2/c1-12-5-6-16(15(10-12)17(20)21-2)18-13-7-9-19-8-3-4-14(19)11-13/h5-6,10,13-14,18H,3-4,7-9,11H2,1-2H3. The van der Waals surface area contributed by atoms with Crippen LogP contribution in [-0.4, -0.2) is 43.2 Å². The zero-order valence-electron chi connectivity index (χ0n) is 12.9. The first kappa shape index (κ1) is 14.4. The van der Waals surface area contributed by atoms with Crippen molar-refractivity contribution in [1.29, 1.82) is 0 Å². The first-order chi connectivity index (χ1) is 10.2. The van der Waals surface area contributed by atoms with Crippen LogP contribution in [-0.2, 0) is 4.74 Å². The van der Waals surface area contributed by atoms with Crippen LogP contribution < -0.4 is 5.32 Å². The molecule has 2 atom stereocenters. The number of piperidine rings is 1. The lowest BCUT2D eigenvalue weighted by Gasteiger charge is -2.35. The lowest BCUT2D eigenvalue weighted by molar-refractivity contribution is 0.0601. The highest BCUT2D eigenvalue weighted by molar-refractivity contribution is 5.95. The minimum atomic E-state index is -0.264. The van der Waals surface area contributed by atoms with Crippen molar-refractivity contribution in [1.82, 2.24) is 4.90 Å². The van der Waals surface area contributed by atoms with Gasteiger partial charge in [-0.3, -0.25) is 0 Å². The Labute approximate surface area is 126 Å². The van der Waals surface area contributed by atoms with Crippen LogP contribution in [0.15, 0.2) is 18.2 Å². The van der Waals surface area contributed by atoms with Crippen molar-refractivity contribution in [2.75, 3.05) is 25.5 Å². The first-order valence-electron chi connectivity index (χ1n) is 7.87. The van der Waals surface area contributed by atoms with E-state index in [4.69, 9.17) is 4.74 Å². The molecule has 0 radical (unpaired) electrons. The number of hydrogen-bond acceptors (Lipinski definition) is 4. The normalized spacial score (nSPS) is 25.4. The molecule has 2 heterocycles. The molecule has 2 unspecified atom stereocenters. The summed E-state index contributed by atoms with van der Waals surface area (Å²) in [6.45, 7) is 4.42. The van der Waals surface area contributed by atoms with Crippen LogP contribution in [0.25, 0.3) is 0 Å². The van der Waals surface area contributed by atoms with Crippen LogP contribution in [0.3, 0.4) is 0 Å². The molecule has 0 aromatic heterocycles. The van der Waals surface area contributed by atoms with Crippen LogP contribution in [0.2, 0.25) is 0 Å². The van der Waals surface area contributed by atoms with E-state index in [9.17, 15) is 4.79 Å². The number of rotatable bonds is 3. The summed E-state index contributed by atoms with van der Waals surface area (Å²) in [6.07, 6.45) is 4.96. The highest BCUT2D eigenvalue weighted by atomic mass is 16.5. The van der Waals surface area contributed by atoms with E-state index in [1.165, 1.54) is 39.5 Å². The number of fused-ring (bicyclic) bond motifs is 1. The molecule has 0 amide bonds. The third-order valence-electron chi connectivity index (χ3n) is 4.76. The maximum atomic E-state index is 11.9. The van der Waals surface area contributed by atoms with Gasteiger partial charge in [-0.05, 0) is 51.3 Å². The Morgan fingerprint density at radius 1 is 1.33 bits per heavy atom. The van der Waals surface area contributed by atoms with Gasteiger partial charge in [0.1, 0.15) is 0 Å². The number of carbonyl (C=O) groups excluding carboxylic acids is 1. The molecule has 0 aliphatic carbocycles. The highest BCUT2D eigenvalue weighted by Gasteiger charge is 2.31. The van der Waals surface area contributed by atoms with Gasteiger partial charge in [0.2, 0.25) is 0 Å². The van der Waals surface area contributed by atoms with E-state index < -0.39 is 0 Å². The van der Waals surface area contributed by atoms with Crippen molar-refractivity contribution in [3.8, 4) is 0 Å². The average Bonchev–Trinajstić information content (AvgIpc) is 2.96. The van der Waals surface area contributed by atoms with Crippen molar-refractivity contribution in [2.24, 2.45) is 0 Å². The van der Waals surface area contributed by atoms with E-state index in [2.05, 4.69) is 10.2 Å². The lowest BCUT2D eigenvalue weighted by atomic mass is 9.97. The van der Waals surface area contributed by atoms with E-state index >= 15 is 0 Å². The monoisotopic (exact) mass is 288 g/mol.